The maximum Gasteiger partial charge on any atom is 0.102 e. The monoisotopic (exact) mass is 391 g/mol. The quantitative estimate of drug-likeness (QED) is 0.463. The van der Waals surface area contributed by atoms with E-state index in [1.54, 1.807) is 0 Å². The molecule has 2 aromatic carbocycles. The van der Waals surface area contributed by atoms with Gasteiger partial charge in [0.25, 0.3) is 0 Å². The van der Waals surface area contributed by atoms with Gasteiger partial charge in [-0.15, -0.1) is 0 Å². The molecule has 2 heterocycles. The first-order valence-electron chi connectivity index (χ1n) is 6.28. The van der Waals surface area contributed by atoms with Crippen LogP contribution in [0.3, 0.4) is 0 Å². The lowest BCUT2D eigenvalue weighted by molar-refractivity contribution is 0.750. The fourth-order valence-corrected chi connectivity index (χ4v) is 3.35. The van der Waals surface area contributed by atoms with E-state index >= 15 is 0 Å². The number of benzene rings is 2. The summed E-state index contributed by atoms with van der Waals surface area (Å²) in [6.07, 6.45) is 0. The van der Waals surface area contributed by atoms with E-state index in [1.807, 2.05) is 16.8 Å². The van der Waals surface area contributed by atoms with Crippen molar-refractivity contribution < 1.29 is 0 Å². The molecule has 0 unspecified atom stereocenters. The van der Waals surface area contributed by atoms with Crippen LogP contribution in [0.5, 0.6) is 0 Å². The second-order valence-electron chi connectivity index (χ2n) is 4.76. The van der Waals surface area contributed by atoms with E-state index in [-0.39, 0.29) is 0 Å². The van der Waals surface area contributed by atoms with Gasteiger partial charge in [0.15, 0.2) is 0 Å². The van der Waals surface area contributed by atoms with Gasteiger partial charge in [-0.1, -0.05) is 30.4 Å². The minimum absolute atomic E-state index is 0.616. The molecule has 1 aliphatic rings. The van der Waals surface area contributed by atoms with Crippen LogP contribution in [0.15, 0.2) is 42.5 Å². The third kappa shape index (κ3) is 1.84. The Hall–Kier alpha value is -1.47. The molecule has 0 fully saturated rings. The molecule has 4 rings (SSSR count). The summed E-state index contributed by atoms with van der Waals surface area (Å²) in [5.74, 6) is 0. The maximum atomic E-state index is 5.41. The molecule has 0 spiro atoms. The van der Waals surface area contributed by atoms with Crippen molar-refractivity contribution >= 4 is 56.4 Å². The highest BCUT2D eigenvalue weighted by atomic mass is 127. The number of aromatic nitrogens is 2. The van der Waals surface area contributed by atoms with Gasteiger partial charge < -0.3 is 5.32 Å². The van der Waals surface area contributed by atoms with Gasteiger partial charge in [-0.05, 0) is 46.9 Å². The van der Waals surface area contributed by atoms with Gasteiger partial charge in [-0.25, -0.2) is 0 Å². The molecule has 0 aliphatic carbocycles. The Balaban J connectivity index is 2.14. The first-order chi connectivity index (χ1) is 9.72. The summed E-state index contributed by atoms with van der Waals surface area (Å²) < 4.78 is 3.20. The molecule has 3 nitrogen and oxygen atoms in total. The molecular formula is C15H10IN3S. The van der Waals surface area contributed by atoms with Crippen LogP contribution in [0, 0.1) is 3.57 Å². The summed E-state index contributed by atoms with van der Waals surface area (Å²) >= 11 is 7.74. The van der Waals surface area contributed by atoms with E-state index in [9.17, 15) is 0 Å². The summed E-state index contributed by atoms with van der Waals surface area (Å²) in [5, 5.41) is 9.16. The second-order valence-corrected chi connectivity index (χ2v) is 6.50. The first kappa shape index (κ1) is 12.3. The van der Waals surface area contributed by atoms with Crippen LogP contribution in [0.2, 0.25) is 0 Å². The van der Waals surface area contributed by atoms with Gasteiger partial charge in [0.2, 0.25) is 0 Å². The number of fused-ring (bicyclic) bond motifs is 5. The Morgan fingerprint density at radius 3 is 2.95 bits per heavy atom. The lowest BCUT2D eigenvalue weighted by Crippen LogP contribution is -2.15. The van der Waals surface area contributed by atoms with Gasteiger partial charge in [0.1, 0.15) is 4.99 Å². The lowest BCUT2D eigenvalue weighted by Gasteiger charge is -2.08. The van der Waals surface area contributed by atoms with Crippen LogP contribution in [0.25, 0.3) is 22.2 Å². The summed E-state index contributed by atoms with van der Waals surface area (Å²) in [7, 11) is 0. The van der Waals surface area contributed by atoms with Crippen molar-refractivity contribution in [3.8, 4) is 11.3 Å². The zero-order valence-electron chi connectivity index (χ0n) is 10.4. The number of hydrogen-bond donors (Lipinski definition) is 1. The highest BCUT2D eigenvalue weighted by Crippen LogP contribution is 2.36. The van der Waals surface area contributed by atoms with Crippen LogP contribution in [0.1, 0.15) is 0 Å². The Morgan fingerprint density at radius 1 is 1.20 bits per heavy atom. The number of rotatable bonds is 0. The van der Waals surface area contributed by atoms with Crippen molar-refractivity contribution in [3.63, 3.8) is 0 Å². The lowest BCUT2D eigenvalue weighted by atomic mass is 10.1. The van der Waals surface area contributed by atoms with Crippen LogP contribution in [0.4, 0.5) is 5.69 Å². The topological polar surface area (TPSA) is 29.9 Å². The molecule has 1 N–H and O–H groups in total. The van der Waals surface area contributed by atoms with E-state index in [1.165, 1.54) is 8.96 Å². The van der Waals surface area contributed by atoms with E-state index in [0.717, 1.165) is 27.4 Å². The van der Waals surface area contributed by atoms with Gasteiger partial charge in [-0.2, -0.15) is 5.10 Å². The van der Waals surface area contributed by atoms with Crippen LogP contribution < -0.4 is 5.32 Å². The third-order valence-corrected chi connectivity index (χ3v) is 4.35. The highest BCUT2D eigenvalue weighted by Gasteiger charge is 2.20. The Kier molecular flexibility index (Phi) is 2.78. The number of hydrogen-bond acceptors (Lipinski definition) is 2. The molecule has 0 saturated heterocycles. The van der Waals surface area contributed by atoms with Crippen molar-refractivity contribution in [1.29, 1.82) is 0 Å². The first-order valence-corrected chi connectivity index (χ1v) is 7.76. The molecule has 1 aliphatic heterocycles. The molecule has 1 aromatic heterocycles. The normalized spacial score (nSPS) is 13.6. The average molecular weight is 391 g/mol. The van der Waals surface area contributed by atoms with Gasteiger partial charge in [0, 0.05) is 20.2 Å². The van der Waals surface area contributed by atoms with E-state index < -0.39 is 0 Å². The Labute approximate surface area is 135 Å². The fourth-order valence-electron chi connectivity index (χ4n) is 2.63. The van der Waals surface area contributed by atoms with E-state index in [4.69, 9.17) is 12.2 Å². The van der Waals surface area contributed by atoms with Crippen molar-refractivity contribution in [2.75, 3.05) is 5.32 Å². The fraction of sp³-hybridized carbons (Fsp3) is 0.0667. The van der Waals surface area contributed by atoms with Gasteiger partial charge >= 0.3 is 0 Å². The SMILES string of the molecule is S=C1Cn2nc3ccccc3c2-c2cc(I)ccc2N1. The number of anilines is 1. The summed E-state index contributed by atoms with van der Waals surface area (Å²) in [4.78, 5) is 0.791. The van der Waals surface area contributed by atoms with Gasteiger partial charge in [0.05, 0.1) is 17.8 Å². The van der Waals surface area contributed by atoms with Crippen LogP contribution in [-0.4, -0.2) is 14.8 Å². The van der Waals surface area contributed by atoms with Crippen molar-refractivity contribution in [3.05, 3.63) is 46.0 Å². The average Bonchev–Trinajstić information content (AvgIpc) is 2.72. The number of thiocarbonyl (C=S) groups is 1. The van der Waals surface area contributed by atoms with Crippen LogP contribution >= 0.6 is 34.8 Å². The molecule has 0 saturated carbocycles. The molecule has 0 amide bonds. The van der Waals surface area contributed by atoms with E-state index in [0.29, 0.717) is 6.54 Å². The molecular weight excluding hydrogens is 381 g/mol. The molecule has 3 aromatic rings. The molecule has 0 atom stereocenters. The number of nitrogens with zero attached hydrogens (tertiary/aromatic N) is 2. The predicted octanol–water partition coefficient (Wildman–Crippen LogP) is 4.06. The van der Waals surface area contributed by atoms with Crippen molar-refractivity contribution in [2.45, 2.75) is 6.54 Å². The highest BCUT2D eigenvalue weighted by molar-refractivity contribution is 14.1. The van der Waals surface area contributed by atoms with Crippen molar-refractivity contribution in [2.24, 2.45) is 0 Å². The second kappa shape index (κ2) is 4.53. The van der Waals surface area contributed by atoms with Crippen molar-refractivity contribution in [1.82, 2.24) is 9.78 Å². The zero-order valence-corrected chi connectivity index (χ0v) is 13.4. The van der Waals surface area contributed by atoms with Gasteiger partial charge in [-0.3, -0.25) is 4.68 Å². The molecule has 98 valence electrons. The maximum absolute atomic E-state index is 5.41. The molecule has 5 heteroatoms. The largest absolute Gasteiger partial charge is 0.348 e. The molecule has 20 heavy (non-hydrogen) atoms. The summed E-state index contributed by atoms with van der Waals surface area (Å²) in [6, 6.07) is 14.6. The Morgan fingerprint density at radius 2 is 2.05 bits per heavy atom. The smallest absolute Gasteiger partial charge is 0.102 e. The third-order valence-electron chi connectivity index (χ3n) is 3.45. The van der Waals surface area contributed by atoms with Crippen LogP contribution in [-0.2, 0) is 6.54 Å². The number of halogens is 1. The minimum Gasteiger partial charge on any atom is -0.348 e. The molecule has 0 bridgehead atoms. The summed E-state index contributed by atoms with van der Waals surface area (Å²) in [6.45, 7) is 0.616. The standard InChI is InChI=1S/C15H10IN3S/c16-9-5-6-12-11(7-9)15-10-3-1-2-4-13(10)18-19(15)8-14(20)17-12/h1-7H,8H2,(H,17,20). The Bertz CT molecular complexity index is 853. The van der Waals surface area contributed by atoms with E-state index in [2.05, 4.69) is 63.3 Å². The minimum atomic E-state index is 0.616. The number of nitrogens with one attached hydrogen (secondary N) is 1. The summed E-state index contributed by atoms with van der Waals surface area (Å²) in [5.41, 5.74) is 4.36. The predicted molar refractivity (Wildman–Crippen MR) is 94.1 cm³/mol. The molecule has 0 radical (unpaired) electrons. The zero-order chi connectivity index (χ0) is 13.7.